The summed E-state index contributed by atoms with van der Waals surface area (Å²) in [5, 5.41) is 0. The summed E-state index contributed by atoms with van der Waals surface area (Å²) in [5.41, 5.74) is 8.01. The van der Waals surface area contributed by atoms with Crippen LogP contribution in [0.1, 0.15) is 54.9 Å². The monoisotopic (exact) mass is 436 g/mol. The molecule has 0 aliphatic heterocycles. The van der Waals surface area contributed by atoms with E-state index in [0.717, 1.165) is 16.8 Å². The van der Waals surface area contributed by atoms with Crippen LogP contribution in [0.15, 0.2) is 48.7 Å². The molecule has 3 aromatic rings. The highest BCUT2D eigenvalue weighted by Gasteiger charge is 2.28. The van der Waals surface area contributed by atoms with E-state index in [1.54, 1.807) is 32.9 Å². The zero-order valence-corrected chi connectivity index (χ0v) is 18.8. The number of nitrogens with two attached hydrogens (primary N) is 1. The average molecular weight is 437 g/mol. The maximum atomic E-state index is 12.8. The van der Waals surface area contributed by atoms with Crippen LogP contribution in [0.3, 0.4) is 0 Å². The van der Waals surface area contributed by atoms with Crippen LogP contribution >= 0.6 is 0 Å². The van der Waals surface area contributed by atoms with Crippen molar-refractivity contribution in [2.75, 3.05) is 6.61 Å². The van der Waals surface area contributed by atoms with Gasteiger partial charge in [0, 0.05) is 18.3 Å². The summed E-state index contributed by atoms with van der Waals surface area (Å²) < 4.78 is 12.9. The van der Waals surface area contributed by atoms with Gasteiger partial charge < -0.3 is 19.6 Å². The summed E-state index contributed by atoms with van der Waals surface area (Å²) in [6.45, 7) is 6.90. The number of primary amides is 1. The SMILES string of the molecule is CCc1c(C(=O)C(N)=O)c2c(OCC(=O)OC(C)(C)C)cccn2c1Cc1ccccc1. The van der Waals surface area contributed by atoms with Gasteiger partial charge in [0.15, 0.2) is 6.61 Å². The number of aromatic nitrogens is 1. The number of ether oxygens (including phenoxy) is 2. The van der Waals surface area contributed by atoms with Crippen molar-refractivity contribution >= 4 is 23.2 Å². The van der Waals surface area contributed by atoms with Crippen LogP contribution in [0.25, 0.3) is 5.52 Å². The molecule has 168 valence electrons. The normalized spacial score (nSPS) is 11.4. The molecule has 2 N–H and O–H groups in total. The Kier molecular flexibility index (Phi) is 6.67. The Hall–Kier alpha value is -3.61. The summed E-state index contributed by atoms with van der Waals surface area (Å²) in [6.07, 6.45) is 2.88. The molecule has 0 radical (unpaired) electrons. The third-order valence-electron chi connectivity index (χ3n) is 4.92. The maximum Gasteiger partial charge on any atom is 0.344 e. The predicted molar refractivity (Wildman–Crippen MR) is 121 cm³/mol. The molecular formula is C25H28N2O5. The first-order valence-corrected chi connectivity index (χ1v) is 10.5. The predicted octanol–water partition coefficient (Wildman–Crippen LogP) is 3.48. The van der Waals surface area contributed by atoms with Crippen LogP contribution in [0.2, 0.25) is 0 Å². The summed E-state index contributed by atoms with van der Waals surface area (Å²) in [4.78, 5) is 36.9. The molecule has 0 bridgehead atoms. The lowest BCUT2D eigenvalue weighted by atomic mass is 9.99. The number of Topliss-reactive ketones (excluding diaryl/α,β-unsaturated/α-hetero) is 1. The number of carbonyl (C=O) groups is 3. The van der Waals surface area contributed by atoms with Gasteiger partial charge in [-0.25, -0.2) is 4.79 Å². The van der Waals surface area contributed by atoms with E-state index in [-0.39, 0.29) is 12.2 Å². The topological polar surface area (TPSA) is 100 Å². The summed E-state index contributed by atoms with van der Waals surface area (Å²) in [7, 11) is 0. The van der Waals surface area contributed by atoms with Gasteiger partial charge in [-0.1, -0.05) is 37.3 Å². The van der Waals surface area contributed by atoms with Gasteiger partial charge >= 0.3 is 5.97 Å². The van der Waals surface area contributed by atoms with E-state index in [4.69, 9.17) is 15.2 Å². The van der Waals surface area contributed by atoms with Crippen molar-refractivity contribution in [3.05, 3.63) is 71.0 Å². The van der Waals surface area contributed by atoms with Gasteiger partial charge in [-0.15, -0.1) is 0 Å². The van der Waals surface area contributed by atoms with Gasteiger partial charge in [0.05, 0.1) is 11.1 Å². The van der Waals surface area contributed by atoms with E-state index in [1.165, 1.54) is 0 Å². The highest BCUT2D eigenvalue weighted by atomic mass is 16.6. The molecule has 0 saturated heterocycles. The van der Waals surface area contributed by atoms with Gasteiger partial charge in [0.1, 0.15) is 11.4 Å². The lowest BCUT2D eigenvalue weighted by Crippen LogP contribution is -2.27. The Bertz CT molecular complexity index is 1160. The summed E-state index contributed by atoms with van der Waals surface area (Å²) >= 11 is 0. The highest BCUT2D eigenvalue weighted by Crippen LogP contribution is 2.33. The molecular weight excluding hydrogens is 408 g/mol. The third-order valence-corrected chi connectivity index (χ3v) is 4.92. The van der Waals surface area contributed by atoms with E-state index >= 15 is 0 Å². The zero-order valence-electron chi connectivity index (χ0n) is 18.8. The standard InChI is InChI=1S/C25H28N2O5/c1-5-17-18(14-16-10-7-6-8-11-16)27-13-9-12-19(22(27)21(17)23(29)24(26)30)31-15-20(28)32-25(2,3)4/h6-13H,5,14-15H2,1-4H3,(H2,26,30). The van der Waals surface area contributed by atoms with Crippen molar-refractivity contribution < 1.29 is 23.9 Å². The van der Waals surface area contributed by atoms with Crippen molar-refractivity contribution in [1.82, 2.24) is 4.40 Å². The Morgan fingerprint density at radius 3 is 2.31 bits per heavy atom. The number of fused-ring (bicyclic) bond motifs is 1. The van der Waals surface area contributed by atoms with Gasteiger partial charge in [0.25, 0.3) is 11.7 Å². The van der Waals surface area contributed by atoms with Crippen LogP contribution in [-0.4, -0.2) is 34.3 Å². The third kappa shape index (κ3) is 4.99. The number of rotatable bonds is 8. The number of esters is 1. The molecule has 0 unspecified atom stereocenters. The lowest BCUT2D eigenvalue weighted by molar-refractivity contribution is -0.157. The Morgan fingerprint density at radius 1 is 1.03 bits per heavy atom. The smallest absolute Gasteiger partial charge is 0.344 e. The molecule has 2 aromatic heterocycles. The zero-order chi connectivity index (χ0) is 23.5. The maximum absolute atomic E-state index is 12.8. The number of pyridine rings is 1. The van der Waals surface area contributed by atoms with Crippen LogP contribution in [0.4, 0.5) is 0 Å². The first-order valence-electron chi connectivity index (χ1n) is 10.5. The van der Waals surface area contributed by atoms with E-state index in [1.807, 2.05) is 47.9 Å². The second kappa shape index (κ2) is 9.26. The molecule has 32 heavy (non-hydrogen) atoms. The molecule has 0 aliphatic rings. The molecule has 3 rings (SSSR count). The van der Waals surface area contributed by atoms with E-state index in [0.29, 0.717) is 24.1 Å². The molecule has 0 fully saturated rings. The number of ketones is 1. The Balaban J connectivity index is 2.13. The fraction of sp³-hybridized carbons (Fsp3) is 0.320. The molecule has 0 atom stereocenters. The van der Waals surface area contributed by atoms with Gasteiger partial charge in [-0.2, -0.15) is 0 Å². The number of amides is 1. The Morgan fingerprint density at radius 2 is 1.72 bits per heavy atom. The average Bonchev–Trinajstić information content (AvgIpc) is 3.05. The van der Waals surface area contributed by atoms with Crippen LogP contribution in [0.5, 0.6) is 5.75 Å². The quantitative estimate of drug-likeness (QED) is 0.331. The summed E-state index contributed by atoms with van der Waals surface area (Å²) in [6, 6.07) is 13.2. The molecule has 1 aromatic carbocycles. The minimum Gasteiger partial charge on any atom is -0.480 e. The number of hydrogen-bond donors (Lipinski definition) is 1. The lowest BCUT2D eigenvalue weighted by Gasteiger charge is -2.19. The van der Waals surface area contributed by atoms with E-state index < -0.39 is 23.3 Å². The van der Waals surface area contributed by atoms with Crippen molar-refractivity contribution in [3.8, 4) is 5.75 Å². The van der Waals surface area contributed by atoms with E-state index in [9.17, 15) is 14.4 Å². The molecule has 0 spiro atoms. The second-order valence-electron chi connectivity index (χ2n) is 8.48. The second-order valence-corrected chi connectivity index (χ2v) is 8.48. The number of benzene rings is 1. The van der Waals surface area contributed by atoms with Crippen molar-refractivity contribution in [1.29, 1.82) is 0 Å². The van der Waals surface area contributed by atoms with Crippen molar-refractivity contribution in [3.63, 3.8) is 0 Å². The molecule has 7 heteroatoms. The molecule has 1 amide bonds. The molecule has 0 saturated carbocycles. The van der Waals surface area contributed by atoms with Gasteiger partial charge in [-0.05, 0) is 50.5 Å². The van der Waals surface area contributed by atoms with Crippen LogP contribution < -0.4 is 10.5 Å². The molecule has 0 aliphatic carbocycles. The first-order chi connectivity index (χ1) is 15.1. The minimum atomic E-state index is -1.04. The van der Waals surface area contributed by atoms with Crippen LogP contribution in [0, 0.1) is 0 Å². The minimum absolute atomic E-state index is 0.214. The van der Waals surface area contributed by atoms with Crippen molar-refractivity contribution in [2.24, 2.45) is 5.73 Å². The summed E-state index contributed by atoms with van der Waals surface area (Å²) in [5.74, 6) is -2.06. The number of hydrogen-bond acceptors (Lipinski definition) is 5. The van der Waals surface area contributed by atoms with Gasteiger partial charge in [0.2, 0.25) is 0 Å². The van der Waals surface area contributed by atoms with Crippen LogP contribution in [-0.2, 0) is 27.2 Å². The van der Waals surface area contributed by atoms with Gasteiger partial charge in [-0.3, -0.25) is 9.59 Å². The Labute approximate surface area is 187 Å². The van der Waals surface area contributed by atoms with Crippen molar-refractivity contribution in [2.45, 2.75) is 46.1 Å². The molecule has 2 heterocycles. The first kappa shape index (κ1) is 23.1. The fourth-order valence-electron chi connectivity index (χ4n) is 3.74. The fourth-order valence-corrected chi connectivity index (χ4v) is 3.74. The largest absolute Gasteiger partial charge is 0.480 e. The highest BCUT2D eigenvalue weighted by molar-refractivity contribution is 6.44. The molecule has 7 nitrogen and oxygen atoms in total. The number of nitrogens with zero attached hydrogens (tertiary/aromatic N) is 1. The number of carbonyl (C=O) groups excluding carboxylic acids is 3. The van der Waals surface area contributed by atoms with E-state index in [2.05, 4.69) is 0 Å².